The lowest BCUT2D eigenvalue weighted by atomic mass is 10.1. The molecule has 0 aliphatic carbocycles. The molecule has 6 heteroatoms. The molecular weight excluding hydrogens is 302 g/mol. The number of carbonyl (C=O) groups excluding carboxylic acids is 1. The van der Waals surface area contributed by atoms with Crippen LogP contribution in [0.4, 0.5) is 0 Å². The molecule has 0 bridgehead atoms. The van der Waals surface area contributed by atoms with E-state index in [1.165, 1.54) is 0 Å². The predicted octanol–water partition coefficient (Wildman–Crippen LogP) is 2.78. The highest BCUT2D eigenvalue weighted by Crippen LogP contribution is 2.31. The van der Waals surface area contributed by atoms with Crippen LogP contribution in [0.2, 0.25) is 0 Å². The summed E-state index contributed by atoms with van der Waals surface area (Å²) >= 11 is 0. The average Bonchev–Trinajstić information content (AvgIpc) is 3.14. The third-order valence-corrected chi connectivity index (χ3v) is 4.22. The molecule has 0 saturated carbocycles. The minimum atomic E-state index is -0.0951. The van der Waals surface area contributed by atoms with Crippen LogP contribution < -0.4 is 5.32 Å². The summed E-state index contributed by atoms with van der Waals surface area (Å²) in [6.07, 6.45) is 3.81. The van der Waals surface area contributed by atoms with Crippen molar-refractivity contribution in [1.82, 2.24) is 24.8 Å². The summed E-state index contributed by atoms with van der Waals surface area (Å²) in [5.74, 6) is -0.0951. The minimum Gasteiger partial charge on any atom is -0.355 e. The van der Waals surface area contributed by atoms with Crippen LogP contribution in [0.5, 0.6) is 0 Å². The third kappa shape index (κ3) is 2.15. The monoisotopic (exact) mass is 319 g/mol. The van der Waals surface area contributed by atoms with Gasteiger partial charge in [0.2, 0.25) is 0 Å². The second-order valence-electron chi connectivity index (χ2n) is 5.89. The van der Waals surface area contributed by atoms with Crippen LogP contribution in [0.15, 0.2) is 36.7 Å². The molecule has 120 valence electrons. The Bertz CT molecular complexity index is 1090. The Morgan fingerprint density at radius 3 is 2.92 bits per heavy atom. The fraction of sp³-hybridized carbons (Fsp3) is 0.167. The van der Waals surface area contributed by atoms with Crippen LogP contribution in [-0.2, 0) is 7.05 Å². The van der Waals surface area contributed by atoms with E-state index in [2.05, 4.69) is 31.0 Å². The van der Waals surface area contributed by atoms with Gasteiger partial charge in [-0.15, -0.1) is 0 Å². The van der Waals surface area contributed by atoms with Gasteiger partial charge in [0.25, 0.3) is 5.91 Å². The highest BCUT2D eigenvalue weighted by Gasteiger charge is 2.14. The number of hydrogen-bond donors (Lipinski definition) is 2. The Morgan fingerprint density at radius 1 is 1.29 bits per heavy atom. The van der Waals surface area contributed by atoms with Gasteiger partial charge in [0.05, 0.1) is 11.4 Å². The quantitative estimate of drug-likeness (QED) is 0.596. The molecule has 3 aromatic heterocycles. The number of hydrogen-bond acceptors (Lipinski definition) is 3. The van der Waals surface area contributed by atoms with Crippen molar-refractivity contribution < 1.29 is 4.79 Å². The van der Waals surface area contributed by atoms with Crippen LogP contribution in [0.25, 0.3) is 33.3 Å². The van der Waals surface area contributed by atoms with E-state index in [1.54, 1.807) is 13.2 Å². The number of nitrogens with one attached hydrogen (secondary N) is 2. The molecule has 0 spiro atoms. The molecule has 1 aromatic carbocycles. The number of benzene rings is 1. The van der Waals surface area contributed by atoms with E-state index < -0.39 is 0 Å². The molecular formula is C18H17N5O. The lowest BCUT2D eigenvalue weighted by Gasteiger charge is -2.02. The molecule has 24 heavy (non-hydrogen) atoms. The maximum Gasteiger partial charge on any atom is 0.251 e. The van der Waals surface area contributed by atoms with Gasteiger partial charge in [0, 0.05) is 48.5 Å². The molecule has 0 fully saturated rings. The van der Waals surface area contributed by atoms with Gasteiger partial charge in [0.15, 0.2) is 5.65 Å². The number of H-pyrrole nitrogens is 1. The second kappa shape index (κ2) is 5.19. The molecule has 0 radical (unpaired) electrons. The van der Waals surface area contributed by atoms with E-state index in [4.69, 9.17) is 0 Å². The maximum absolute atomic E-state index is 11.9. The van der Waals surface area contributed by atoms with Gasteiger partial charge in [-0.3, -0.25) is 9.78 Å². The smallest absolute Gasteiger partial charge is 0.251 e. The lowest BCUT2D eigenvalue weighted by molar-refractivity contribution is 0.0963. The molecule has 4 rings (SSSR count). The number of amides is 1. The molecule has 0 unspecified atom stereocenters. The maximum atomic E-state index is 11.9. The van der Waals surface area contributed by atoms with Crippen LogP contribution in [0.1, 0.15) is 16.1 Å². The van der Waals surface area contributed by atoms with Crippen LogP contribution in [0, 0.1) is 6.92 Å². The largest absolute Gasteiger partial charge is 0.355 e. The van der Waals surface area contributed by atoms with Crippen molar-refractivity contribution in [2.24, 2.45) is 7.05 Å². The number of aromatic amines is 1. The first-order chi connectivity index (χ1) is 11.6. The van der Waals surface area contributed by atoms with Gasteiger partial charge < -0.3 is 14.9 Å². The molecule has 1 amide bonds. The Hall–Kier alpha value is -3.15. The molecule has 0 aliphatic heterocycles. The molecule has 3 heterocycles. The summed E-state index contributed by atoms with van der Waals surface area (Å²) in [6.45, 7) is 1.92. The third-order valence-electron chi connectivity index (χ3n) is 4.22. The van der Waals surface area contributed by atoms with Crippen molar-refractivity contribution in [2.45, 2.75) is 6.92 Å². The number of rotatable bonds is 2. The van der Waals surface area contributed by atoms with Crippen molar-refractivity contribution in [2.75, 3.05) is 7.05 Å². The molecule has 0 aliphatic rings. The van der Waals surface area contributed by atoms with E-state index >= 15 is 0 Å². The van der Waals surface area contributed by atoms with Gasteiger partial charge >= 0.3 is 0 Å². The molecule has 0 atom stereocenters. The number of aromatic nitrogens is 4. The highest BCUT2D eigenvalue weighted by atomic mass is 16.1. The molecule has 2 N–H and O–H groups in total. The SMILES string of the molecule is CNC(=O)c1ccc2c(c1)c(-c1cc3ncc(C)nc3[nH]1)cn2C. The van der Waals surface area contributed by atoms with Gasteiger partial charge in [-0.1, -0.05) is 0 Å². The van der Waals surface area contributed by atoms with Gasteiger partial charge in [-0.2, -0.15) is 0 Å². The lowest BCUT2D eigenvalue weighted by Crippen LogP contribution is -2.17. The first kappa shape index (κ1) is 14.4. The number of fused-ring (bicyclic) bond motifs is 2. The van der Waals surface area contributed by atoms with Crippen molar-refractivity contribution in [1.29, 1.82) is 0 Å². The fourth-order valence-corrected chi connectivity index (χ4v) is 3.02. The first-order valence-electron chi connectivity index (χ1n) is 7.70. The Morgan fingerprint density at radius 2 is 2.12 bits per heavy atom. The minimum absolute atomic E-state index is 0.0951. The van der Waals surface area contributed by atoms with Crippen LogP contribution in [0.3, 0.4) is 0 Å². The average molecular weight is 319 g/mol. The topological polar surface area (TPSA) is 75.6 Å². The zero-order valence-corrected chi connectivity index (χ0v) is 13.7. The molecule has 4 aromatic rings. The van der Waals surface area contributed by atoms with Gasteiger partial charge in [0.1, 0.15) is 5.52 Å². The summed E-state index contributed by atoms with van der Waals surface area (Å²) in [5.41, 5.74) is 6.13. The summed E-state index contributed by atoms with van der Waals surface area (Å²) in [6, 6.07) is 7.71. The summed E-state index contributed by atoms with van der Waals surface area (Å²) in [4.78, 5) is 24.2. The van der Waals surface area contributed by atoms with Crippen molar-refractivity contribution in [3.63, 3.8) is 0 Å². The Balaban J connectivity index is 1.95. The van der Waals surface area contributed by atoms with E-state index in [0.29, 0.717) is 5.56 Å². The van der Waals surface area contributed by atoms with Gasteiger partial charge in [-0.05, 0) is 31.2 Å². The number of nitrogens with zero attached hydrogens (tertiary/aromatic N) is 3. The van der Waals surface area contributed by atoms with Gasteiger partial charge in [-0.25, -0.2) is 4.98 Å². The number of carbonyl (C=O) groups is 1. The summed E-state index contributed by atoms with van der Waals surface area (Å²) < 4.78 is 2.05. The van der Waals surface area contributed by atoms with E-state index in [-0.39, 0.29) is 5.91 Å². The summed E-state index contributed by atoms with van der Waals surface area (Å²) in [7, 11) is 3.63. The van der Waals surface area contributed by atoms with Crippen molar-refractivity contribution in [3.8, 4) is 11.3 Å². The Labute approximate surface area is 138 Å². The van der Waals surface area contributed by atoms with E-state index in [9.17, 15) is 4.79 Å². The zero-order valence-electron chi connectivity index (χ0n) is 13.7. The Kier molecular flexibility index (Phi) is 3.13. The molecule has 0 saturated heterocycles. The van der Waals surface area contributed by atoms with Crippen molar-refractivity contribution >= 4 is 28.0 Å². The first-order valence-corrected chi connectivity index (χ1v) is 7.70. The predicted molar refractivity (Wildman–Crippen MR) is 93.9 cm³/mol. The summed E-state index contributed by atoms with van der Waals surface area (Å²) in [5, 5.41) is 3.68. The van der Waals surface area contributed by atoms with Crippen molar-refractivity contribution in [3.05, 3.63) is 47.9 Å². The normalized spacial score (nSPS) is 11.3. The van der Waals surface area contributed by atoms with Crippen LogP contribution >= 0.6 is 0 Å². The number of aryl methyl sites for hydroxylation is 2. The standard InChI is InChI=1S/C18H17N5O/c1-10-8-20-15-7-14(22-17(15)21-10)13-9-23(3)16-5-4-11(6-12(13)16)18(24)19-2/h4-9H,1-3H3,(H,19,24)(H,21,22). The zero-order chi connectivity index (χ0) is 16.8. The second-order valence-corrected chi connectivity index (χ2v) is 5.89. The van der Waals surface area contributed by atoms with Crippen LogP contribution in [-0.4, -0.2) is 32.5 Å². The fourth-order valence-electron chi connectivity index (χ4n) is 3.02. The van der Waals surface area contributed by atoms with E-state index in [1.807, 2.05) is 38.2 Å². The van der Waals surface area contributed by atoms with E-state index in [0.717, 1.165) is 39.0 Å². The highest BCUT2D eigenvalue weighted by molar-refractivity contribution is 6.03. The molecule has 6 nitrogen and oxygen atoms in total.